The van der Waals surface area contributed by atoms with Crippen LogP contribution in [0.25, 0.3) is 0 Å². The van der Waals surface area contributed by atoms with Crippen LogP contribution >= 0.6 is 0 Å². The fourth-order valence-electron chi connectivity index (χ4n) is 1.41. The molecule has 1 heterocycles. The molecule has 13 heavy (non-hydrogen) atoms. The molecule has 6 heteroatoms. The predicted octanol–water partition coefficient (Wildman–Crippen LogP) is -0.568. The SMILES string of the molecule is O=C(O)C1C[C@H](O)CN(C(=O)O)C1. The summed E-state index contributed by atoms with van der Waals surface area (Å²) in [7, 11) is 0. The Morgan fingerprint density at radius 1 is 1.23 bits per heavy atom. The van der Waals surface area contributed by atoms with Crippen LogP contribution in [-0.2, 0) is 4.79 Å². The van der Waals surface area contributed by atoms with Crippen molar-refractivity contribution in [2.45, 2.75) is 12.5 Å². The smallest absolute Gasteiger partial charge is 0.407 e. The molecule has 0 radical (unpaired) electrons. The number of β-amino-alcohol motifs (C(OH)–C–C–N with tert-alkyl or cyclic N) is 1. The van der Waals surface area contributed by atoms with Crippen LogP contribution in [0.4, 0.5) is 4.79 Å². The summed E-state index contributed by atoms with van der Waals surface area (Å²) in [6, 6.07) is 0. The van der Waals surface area contributed by atoms with Crippen LogP contribution in [0.3, 0.4) is 0 Å². The van der Waals surface area contributed by atoms with E-state index in [0.717, 1.165) is 4.90 Å². The minimum atomic E-state index is -1.19. The minimum Gasteiger partial charge on any atom is -0.481 e. The molecule has 0 spiro atoms. The number of rotatable bonds is 1. The van der Waals surface area contributed by atoms with E-state index in [1.165, 1.54) is 0 Å². The molecule has 2 atom stereocenters. The summed E-state index contributed by atoms with van der Waals surface area (Å²) < 4.78 is 0. The Hall–Kier alpha value is -1.30. The van der Waals surface area contributed by atoms with Crippen molar-refractivity contribution in [2.24, 2.45) is 5.92 Å². The molecule has 1 saturated heterocycles. The van der Waals surface area contributed by atoms with E-state index in [-0.39, 0.29) is 19.5 Å². The first kappa shape index (κ1) is 9.79. The maximum Gasteiger partial charge on any atom is 0.407 e. The van der Waals surface area contributed by atoms with E-state index >= 15 is 0 Å². The number of aliphatic carboxylic acids is 1. The number of nitrogens with zero attached hydrogens (tertiary/aromatic N) is 1. The van der Waals surface area contributed by atoms with Gasteiger partial charge in [-0.3, -0.25) is 4.79 Å². The molecule has 0 aromatic rings. The largest absolute Gasteiger partial charge is 0.481 e. The number of piperidine rings is 1. The van der Waals surface area contributed by atoms with Gasteiger partial charge in [-0.15, -0.1) is 0 Å². The van der Waals surface area contributed by atoms with Gasteiger partial charge >= 0.3 is 12.1 Å². The molecule has 0 aliphatic carbocycles. The Balaban J connectivity index is 2.62. The molecule has 1 aliphatic heterocycles. The van der Waals surface area contributed by atoms with Crippen molar-refractivity contribution in [3.63, 3.8) is 0 Å². The van der Waals surface area contributed by atoms with Crippen molar-refractivity contribution in [3.8, 4) is 0 Å². The highest BCUT2D eigenvalue weighted by molar-refractivity contribution is 5.72. The quantitative estimate of drug-likeness (QED) is 0.513. The first-order valence-electron chi connectivity index (χ1n) is 3.89. The number of carbonyl (C=O) groups is 2. The molecule has 0 aromatic heterocycles. The second-order valence-electron chi connectivity index (χ2n) is 3.11. The molecule has 1 rings (SSSR count). The second kappa shape index (κ2) is 3.61. The van der Waals surface area contributed by atoms with Gasteiger partial charge < -0.3 is 20.2 Å². The molecule has 1 amide bonds. The molecule has 74 valence electrons. The van der Waals surface area contributed by atoms with Crippen molar-refractivity contribution in [1.82, 2.24) is 4.90 Å². The zero-order chi connectivity index (χ0) is 10.0. The van der Waals surface area contributed by atoms with E-state index in [9.17, 15) is 14.7 Å². The molecule has 1 unspecified atom stereocenters. The predicted molar refractivity (Wildman–Crippen MR) is 41.3 cm³/mol. The highest BCUT2D eigenvalue weighted by atomic mass is 16.4. The lowest BCUT2D eigenvalue weighted by atomic mass is 9.96. The van der Waals surface area contributed by atoms with Gasteiger partial charge in [0.25, 0.3) is 0 Å². The molecule has 0 bridgehead atoms. The lowest BCUT2D eigenvalue weighted by molar-refractivity contribution is -0.145. The van der Waals surface area contributed by atoms with Crippen LogP contribution in [0, 0.1) is 5.92 Å². The molecule has 3 N–H and O–H groups in total. The Morgan fingerprint density at radius 3 is 2.31 bits per heavy atom. The third-order valence-corrected chi connectivity index (χ3v) is 2.05. The summed E-state index contributed by atoms with van der Waals surface area (Å²) in [4.78, 5) is 22.0. The maximum absolute atomic E-state index is 10.5. The minimum absolute atomic E-state index is 0.000880. The lowest BCUT2D eigenvalue weighted by Gasteiger charge is -2.31. The van der Waals surface area contributed by atoms with Gasteiger partial charge in [0.15, 0.2) is 0 Å². The number of hydrogen-bond acceptors (Lipinski definition) is 3. The van der Waals surface area contributed by atoms with E-state index in [2.05, 4.69) is 0 Å². The van der Waals surface area contributed by atoms with Crippen molar-refractivity contribution in [1.29, 1.82) is 0 Å². The zero-order valence-corrected chi connectivity index (χ0v) is 6.88. The number of carboxylic acids is 1. The Bertz CT molecular complexity index is 207. The van der Waals surface area contributed by atoms with E-state index in [0.29, 0.717) is 0 Å². The van der Waals surface area contributed by atoms with Crippen LogP contribution in [0.5, 0.6) is 0 Å². The number of carboxylic acid groups (broad SMARTS) is 2. The van der Waals surface area contributed by atoms with E-state index in [4.69, 9.17) is 10.2 Å². The average molecular weight is 189 g/mol. The lowest BCUT2D eigenvalue weighted by Crippen LogP contribution is -2.47. The van der Waals surface area contributed by atoms with Crippen molar-refractivity contribution < 1.29 is 24.9 Å². The molecule has 6 nitrogen and oxygen atoms in total. The van der Waals surface area contributed by atoms with Gasteiger partial charge in [0.05, 0.1) is 12.0 Å². The Morgan fingerprint density at radius 2 is 1.85 bits per heavy atom. The first-order chi connectivity index (χ1) is 6.00. The van der Waals surface area contributed by atoms with Gasteiger partial charge in [-0.2, -0.15) is 0 Å². The average Bonchev–Trinajstić information content (AvgIpc) is 2.03. The third kappa shape index (κ3) is 2.32. The summed E-state index contributed by atoms with van der Waals surface area (Å²) in [6.07, 6.45) is -1.94. The highest BCUT2D eigenvalue weighted by Crippen LogP contribution is 2.16. The summed E-state index contributed by atoms with van der Waals surface area (Å²) in [5, 5.41) is 26.4. The zero-order valence-electron chi connectivity index (χ0n) is 6.88. The van der Waals surface area contributed by atoms with Crippen LogP contribution in [-0.4, -0.2) is 51.5 Å². The monoisotopic (exact) mass is 189 g/mol. The van der Waals surface area contributed by atoms with Crippen molar-refractivity contribution in [2.75, 3.05) is 13.1 Å². The summed E-state index contributed by atoms with van der Waals surface area (Å²) in [5.41, 5.74) is 0. The number of likely N-dealkylation sites (tertiary alicyclic amines) is 1. The van der Waals surface area contributed by atoms with Crippen LogP contribution < -0.4 is 0 Å². The molecular weight excluding hydrogens is 178 g/mol. The van der Waals surface area contributed by atoms with Gasteiger partial charge in [0.2, 0.25) is 0 Å². The molecule has 1 aliphatic rings. The fraction of sp³-hybridized carbons (Fsp3) is 0.714. The molecule has 1 fully saturated rings. The Labute approximate surface area is 74.4 Å². The Kier molecular flexibility index (Phi) is 2.72. The summed E-state index contributed by atoms with van der Waals surface area (Å²) in [6.45, 7) is -0.0408. The van der Waals surface area contributed by atoms with Gasteiger partial charge in [-0.05, 0) is 6.42 Å². The van der Waals surface area contributed by atoms with E-state index < -0.39 is 24.1 Å². The topological polar surface area (TPSA) is 98.1 Å². The molecule has 0 saturated carbocycles. The standard InChI is InChI=1S/C7H11NO5/c9-5-1-4(6(10)11)2-8(3-5)7(12)13/h4-5,9H,1-3H2,(H,10,11)(H,12,13)/t4?,5-/m0/s1. The van der Waals surface area contributed by atoms with Crippen LogP contribution in [0.2, 0.25) is 0 Å². The van der Waals surface area contributed by atoms with Gasteiger partial charge in [-0.1, -0.05) is 0 Å². The highest BCUT2D eigenvalue weighted by Gasteiger charge is 2.32. The molecular formula is C7H11NO5. The van der Waals surface area contributed by atoms with Crippen molar-refractivity contribution in [3.05, 3.63) is 0 Å². The van der Waals surface area contributed by atoms with Crippen LogP contribution in [0.1, 0.15) is 6.42 Å². The van der Waals surface area contributed by atoms with Gasteiger partial charge in [0.1, 0.15) is 0 Å². The third-order valence-electron chi connectivity index (χ3n) is 2.05. The van der Waals surface area contributed by atoms with Crippen molar-refractivity contribution >= 4 is 12.1 Å². The van der Waals surface area contributed by atoms with E-state index in [1.807, 2.05) is 0 Å². The van der Waals surface area contributed by atoms with Gasteiger partial charge in [0, 0.05) is 13.1 Å². The maximum atomic E-state index is 10.5. The number of hydrogen-bond donors (Lipinski definition) is 3. The number of amides is 1. The van der Waals surface area contributed by atoms with E-state index in [1.54, 1.807) is 0 Å². The summed E-state index contributed by atoms with van der Waals surface area (Å²) in [5.74, 6) is -1.86. The van der Waals surface area contributed by atoms with Gasteiger partial charge in [-0.25, -0.2) is 4.79 Å². The van der Waals surface area contributed by atoms with Crippen LogP contribution in [0.15, 0.2) is 0 Å². The first-order valence-corrected chi connectivity index (χ1v) is 3.89. The fourth-order valence-corrected chi connectivity index (χ4v) is 1.41. The number of aliphatic hydroxyl groups excluding tert-OH is 1. The molecule has 0 aromatic carbocycles. The number of aliphatic hydroxyl groups is 1. The summed E-state index contributed by atoms with van der Waals surface area (Å²) >= 11 is 0. The normalized spacial score (nSPS) is 28.5. The second-order valence-corrected chi connectivity index (χ2v) is 3.11.